The molecule has 0 aliphatic carbocycles. The molecule has 3 N–H and O–H groups in total. The van der Waals surface area contributed by atoms with Crippen LogP contribution in [0.5, 0.6) is 5.75 Å². The van der Waals surface area contributed by atoms with Gasteiger partial charge in [0.25, 0.3) is 0 Å². The van der Waals surface area contributed by atoms with E-state index in [2.05, 4.69) is 10.3 Å². The van der Waals surface area contributed by atoms with E-state index in [4.69, 9.17) is 10.5 Å². The summed E-state index contributed by atoms with van der Waals surface area (Å²) in [5.74, 6) is 1.64. The van der Waals surface area contributed by atoms with E-state index in [1.54, 1.807) is 13.3 Å². The number of anilines is 3. The van der Waals surface area contributed by atoms with Crippen molar-refractivity contribution in [1.29, 1.82) is 0 Å². The quantitative estimate of drug-likeness (QED) is 0.849. The second-order valence-electron chi connectivity index (χ2n) is 3.79. The number of pyridine rings is 1. The van der Waals surface area contributed by atoms with Gasteiger partial charge in [-0.1, -0.05) is 0 Å². The average molecular weight is 229 g/mol. The Hall–Kier alpha value is -2.23. The van der Waals surface area contributed by atoms with Crippen molar-refractivity contribution >= 4 is 17.2 Å². The number of ether oxygens (including phenoxy) is 1. The van der Waals surface area contributed by atoms with E-state index in [1.807, 2.05) is 37.3 Å². The molecule has 0 saturated carbocycles. The number of hydrogen-bond acceptors (Lipinski definition) is 4. The second-order valence-corrected chi connectivity index (χ2v) is 3.79. The summed E-state index contributed by atoms with van der Waals surface area (Å²) in [5.41, 5.74) is 8.30. The molecule has 4 nitrogen and oxygen atoms in total. The molecule has 2 rings (SSSR count). The topological polar surface area (TPSA) is 60.2 Å². The average Bonchev–Trinajstić information content (AvgIpc) is 2.34. The van der Waals surface area contributed by atoms with Crippen molar-refractivity contribution in [2.45, 2.75) is 6.92 Å². The van der Waals surface area contributed by atoms with Crippen molar-refractivity contribution in [1.82, 2.24) is 4.98 Å². The normalized spacial score (nSPS) is 10.0. The Labute approximate surface area is 100 Å². The predicted octanol–water partition coefficient (Wildman–Crippen LogP) is 2.72. The molecule has 0 atom stereocenters. The van der Waals surface area contributed by atoms with Crippen LogP contribution in [0, 0.1) is 6.92 Å². The number of hydrogen-bond donors (Lipinski definition) is 2. The third kappa shape index (κ3) is 2.66. The van der Waals surface area contributed by atoms with Crippen molar-refractivity contribution in [3.63, 3.8) is 0 Å². The lowest BCUT2D eigenvalue weighted by molar-refractivity contribution is 0.415. The van der Waals surface area contributed by atoms with Gasteiger partial charge in [0.1, 0.15) is 11.6 Å². The SMILES string of the molecule is COc1ccc(Nc2ncc(N)cc2C)cc1. The van der Waals surface area contributed by atoms with Crippen LogP contribution in [0.2, 0.25) is 0 Å². The minimum atomic E-state index is 0.669. The molecule has 0 unspecified atom stereocenters. The minimum absolute atomic E-state index is 0.669. The number of methoxy groups -OCH3 is 1. The highest BCUT2D eigenvalue weighted by molar-refractivity contribution is 5.61. The van der Waals surface area contributed by atoms with Gasteiger partial charge in [-0.05, 0) is 42.8 Å². The lowest BCUT2D eigenvalue weighted by Crippen LogP contribution is -1.98. The highest BCUT2D eigenvalue weighted by atomic mass is 16.5. The summed E-state index contributed by atoms with van der Waals surface area (Å²) in [5, 5.41) is 3.23. The van der Waals surface area contributed by atoms with Crippen LogP contribution in [0.25, 0.3) is 0 Å². The largest absolute Gasteiger partial charge is 0.497 e. The number of aromatic nitrogens is 1. The van der Waals surface area contributed by atoms with Crippen molar-refractivity contribution in [2.75, 3.05) is 18.2 Å². The minimum Gasteiger partial charge on any atom is -0.497 e. The Morgan fingerprint density at radius 3 is 2.53 bits per heavy atom. The van der Waals surface area contributed by atoms with Crippen LogP contribution in [0.15, 0.2) is 36.5 Å². The Kier molecular flexibility index (Phi) is 3.14. The monoisotopic (exact) mass is 229 g/mol. The van der Waals surface area contributed by atoms with Crippen molar-refractivity contribution in [2.24, 2.45) is 0 Å². The first-order valence-corrected chi connectivity index (χ1v) is 5.32. The first kappa shape index (κ1) is 11.3. The number of nitrogens with two attached hydrogens (primary N) is 1. The fourth-order valence-corrected chi connectivity index (χ4v) is 1.54. The molecule has 1 heterocycles. The number of benzene rings is 1. The maximum Gasteiger partial charge on any atom is 0.133 e. The van der Waals surface area contributed by atoms with Crippen LogP contribution in [0.4, 0.5) is 17.2 Å². The van der Waals surface area contributed by atoms with E-state index >= 15 is 0 Å². The highest BCUT2D eigenvalue weighted by Gasteiger charge is 2.01. The molecule has 0 saturated heterocycles. The molecule has 0 aliphatic rings. The maximum atomic E-state index is 5.65. The van der Waals surface area contributed by atoms with Gasteiger partial charge in [-0.25, -0.2) is 4.98 Å². The Bertz CT molecular complexity index is 509. The fourth-order valence-electron chi connectivity index (χ4n) is 1.54. The standard InChI is InChI=1S/C13H15N3O/c1-9-7-10(14)8-15-13(9)16-11-3-5-12(17-2)6-4-11/h3-8H,14H2,1-2H3,(H,15,16). The summed E-state index contributed by atoms with van der Waals surface area (Å²) < 4.78 is 5.10. The molecule has 0 amide bonds. The van der Waals surface area contributed by atoms with E-state index < -0.39 is 0 Å². The molecule has 17 heavy (non-hydrogen) atoms. The predicted molar refractivity (Wildman–Crippen MR) is 69.7 cm³/mol. The van der Waals surface area contributed by atoms with Gasteiger partial charge >= 0.3 is 0 Å². The number of aryl methyl sites for hydroxylation is 1. The van der Waals surface area contributed by atoms with Gasteiger partial charge in [-0.2, -0.15) is 0 Å². The molecule has 0 radical (unpaired) electrons. The second kappa shape index (κ2) is 4.74. The van der Waals surface area contributed by atoms with Crippen LogP contribution < -0.4 is 15.8 Å². The molecule has 4 heteroatoms. The highest BCUT2D eigenvalue weighted by Crippen LogP contribution is 2.21. The molecular weight excluding hydrogens is 214 g/mol. The van der Waals surface area contributed by atoms with Gasteiger partial charge in [0, 0.05) is 5.69 Å². The number of nitrogens with zero attached hydrogens (tertiary/aromatic N) is 1. The number of rotatable bonds is 3. The zero-order valence-corrected chi connectivity index (χ0v) is 9.90. The maximum absolute atomic E-state index is 5.65. The summed E-state index contributed by atoms with van der Waals surface area (Å²) >= 11 is 0. The Balaban J connectivity index is 2.19. The molecule has 1 aromatic heterocycles. The van der Waals surface area contributed by atoms with Crippen LogP contribution in [-0.4, -0.2) is 12.1 Å². The summed E-state index contributed by atoms with van der Waals surface area (Å²) in [4.78, 5) is 4.25. The third-order valence-electron chi connectivity index (χ3n) is 2.45. The van der Waals surface area contributed by atoms with Crippen LogP contribution in [-0.2, 0) is 0 Å². The van der Waals surface area contributed by atoms with E-state index in [0.717, 1.165) is 22.8 Å². The van der Waals surface area contributed by atoms with E-state index in [0.29, 0.717) is 5.69 Å². The molecule has 2 aromatic rings. The molecular formula is C13H15N3O. The summed E-state index contributed by atoms with van der Waals surface area (Å²) in [7, 11) is 1.65. The zero-order valence-electron chi connectivity index (χ0n) is 9.90. The van der Waals surface area contributed by atoms with Gasteiger partial charge in [-0.3, -0.25) is 0 Å². The lowest BCUT2D eigenvalue weighted by atomic mass is 10.2. The first-order valence-electron chi connectivity index (χ1n) is 5.32. The molecule has 0 spiro atoms. The third-order valence-corrected chi connectivity index (χ3v) is 2.45. The van der Waals surface area contributed by atoms with Gasteiger partial charge in [0.15, 0.2) is 0 Å². The zero-order chi connectivity index (χ0) is 12.3. The first-order chi connectivity index (χ1) is 8.19. The van der Waals surface area contributed by atoms with Crippen LogP contribution in [0.1, 0.15) is 5.56 Å². The molecule has 0 bridgehead atoms. The number of nitrogens with one attached hydrogen (secondary N) is 1. The van der Waals surface area contributed by atoms with Gasteiger partial charge < -0.3 is 15.8 Å². The molecule has 1 aromatic carbocycles. The van der Waals surface area contributed by atoms with E-state index in [9.17, 15) is 0 Å². The van der Waals surface area contributed by atoms with Crippen LogP contribution in [0.3, 0.4) is 0 Å². The van der Waals surface area contributed by atoms with Crippen molar-refractivity contribution in [3.8, 4) is 5.75 Å². The number of nitrogen functional groups attached to an aromatic ring is 1. The van der Waals surface area contributed by atoms with Gasteiger partial charge in [0.2, 0.25) is 0 Å². The van der Waals surface area contributed by atoms with Crippen molar-refractivity contribution in [3.05, 3.63) is 42.1 Å². The van der Waals surface area contributed by atoms with Gasteiger partial charge in [-0.15, -0.1) is 0 Å². The van der Waals surface area contributed by atoms with Gasteiger partial charge in [0.05, 0.1) is 19.0 Å². The van der Waals surface area contributed by atoms with Crippen LogP contribution >= 0.6 is 0 Å². The Morgan fingerprint density at radius 2 is 1.94 bits per heavy atom. The fraction of sp³-hybridized carbons (Fsp3) is 0.154. The smallest absolute Gasteiger partial charge is 0.133 e. The lowest BCUT2D eigenvalue weighted by Gasteiger charge is -2.09. The molecule has 0 aliphatic heterocycles. The van der Waals surface area contributed by atoms with Crippen molar-refractivity contribution < 1.29 is 4.74 Å². The van der Waals surface area contributed by atoms with E-state index in [-0.39, 0.29) is 0 Å². The summed E-state index contributed by atoms with van der Waals surface area (Å²) in [6.07, 6.45) is 1.64. The summed E-state index contributed by atoms with van der Waals surface area (Å²) in [6.45, 7) is 1.97. The molecule has 88 valence electrons. The van der Waals surface area contributed by atoms with E-state index in [1.165, 1.54) is 0 Å². The Morgan fingerprint density at radius 1 is 1.24 bits per heavy atom. The summed E-state index contributed by atoms with van der Waals surface area (Å²) in [6, 6.07) is 9.56. The molecule has 0 fully saturated rings.